The molecular formula is C12H11ClN2OS. The first kappa shape index (κ1) is 12.0. The van der Waals surface area contributed by atoms with Gasteiger partial charge in [-0.3, -0.25) is 4.79 Å². The van der Waals surface area contributed by atoms with Crippen molar-refractivity contribution in [3.8, 4) is 0 Å². The van der Waals surface area contributed by atoms with Crippen LogP contribution in [0.2, 0.25) is 5.02 Å². The number of carbonyl (C=O) groups excluding carboxylic acids is 1. The lowest BCUT2D eigenvalue weighted by molar-refractivity contribution is 0.103. The number of nitrogens with two attached hydrogens (primary N) is 1. The van der Waals surface area contributed by atoms with Crippen molar-refractivity contribution in [1.29, 1.82) is 0 Å². The van der Waals surface area contributed by atoms with E-state index in [4.69, 9.17) is 17.3 Å². The van der Waals surface area contributed by atoms with Gasteiger partial charge in [-0.1, -0.05) is 17.7 Å². The Morgan fingerprint density at radius 2 is 2.18 bits per heavy atom. The fourth-order valence-corrected chi connectivity index (χ4v) is 2.50. The second kappa shape index (κ2) is 4.77. The SMILES string of the molecule is Cc1ccsc1C(=O)Nc1c(N)cccc1Cl. The molecule has 2 rings (SSSR count). The molecule has 0 aliphatic rings. The van der Waals surface area contributed by atoms with E-state index in [2.05, 4.69) is 5.32 Å². The Labute approximate surface area is 108 Å². The molecule has 1 aromatic heterocycles. The fraction of sp³-hybridized carbons (Fsp3) is 0.0833. The van der Waals surface area contributed by atoms with Crippen LogP contribution < -0.4 is 11.1 Å². The number of amides is 1. The average Bonchev–Trinajstić information content (AvgIpc) is 2.70. The Hall–Kier alpha value is -1.52. The minimum atomic E-state index is -0.183. The number of carbonyl (C=O) groups is 1. The van der Waals surface area contributed by atoms with Gasteiger partial charge in [0, 0.05) is 0 Å². The lowest BCUT2D eigenvalue weighted by Gasteiger charge is -2.09. The molecule has 3 nitrogen and oxygen atoms in total. The minimum absolute atomic E-state index is 0.183. The highest BCUT2D eigenvalue weighted by Gasteiger charge is 2.13. The smallest absolute Gasteiger partial charge is 0.266 e. The van der Waals surface area contributed by atoms with E-state index < -0.39 is 0 Å². The highest BCUT2D eigenvalue weighted by atomic mass is 35.5. The molecule has 0 saturated carbocycles. The second-order valence-electron chi connectivity index (χ2n) is 3.59. The summed E-state index contributed by atoms with van der Waals surface area (Å²) in [6.45, 7) is 1.89. The molecule has 0 aliphatic carbocycles. The van der Waals surface area contributed by atoms with Gasteiger partial charge in [-0.05, 0) is 36.1 Å². The Morgan fingerprint density at radius 3 is 2.76 bits per heavy atom. The van der Waals surface area contributed by atoms with Crippen LogP contribution in [-0.2, 0) is 0 Å². The summed E-state index contributed by atoms with van der Waals surface area (Å²) in [6.07, 6.45) is 0. The number of hydrogen-bond donors (Lipinski definition) is 2. The monoisotopic (exact) mass is 266 g/mol. The predicted octanol–water partition coefficient (Wildman–Crippen LogP) is 3.54. The van der Waals surface area contributed by atoms with Gasteiger partial charge in [-0.2, -0.15) is 0 Å². The normalized spacial score (nSPS) is 10.2. The third kappa shape index (κ3) is 2.43. The first-order valence-electron chi connectivity index (χ1n) is 4.99. The zero-order chi connectivity index (χ0) is 12.4. The molecule has 0 saturated heterocycles. The topological polar surface area (TPSA) is 55.1 Å². The van der Waals surface area contributed by atoms with E-state index in [1.54, 1.807) is 18.2 Å². The van der Waals surface area contributed by atoms with E-state index in [-0.39, 0.29) is 5.91 Å². The van der Waals surface area contributed by atoms with E-state index in [1.165, 1.54) is 11.3 Å². The van der Waals surface area contributed by atoms with Crippen LogP contribution in [0.25, 0.3) is 0 Å². The van der Waals surface area contributed by atoms with Crippen LogP contribution >= 0.6 is 22.9 Å². The Morgan fingerprint density at radius 1 is 1.41 bits per heavy atom. The number of benzene rings is 1. The molecule has 5 heteroatoms. The first-order chi connectivity index (χ1) is 8.09. The molecule has 1 heterocycles. The maximum absolute atomic E-state index is 12.0. The van der Waals surface area contributed by atoms with Crippen LogP contribution in [0.15, 0.2) is 29.6 Å². The maximum Gasteiger partial charge on any atom is 0.266 e. The van der Waals surface area contributed by atoms with Crippen LogP contribution in [0.1, 0.15) is 15.2 Å². The van der Waals surface area contributed by atoms with Crippen molar-refractivity contribution in [2.75, 3.05) is 11.1 Å². The van der Waals surface area contributed by atoms with Gasteiger partial charge >= 0.3 is 0 Å². The van der Waals surface area contributed by atoms with Gasteiger partial charge in [0.15, 0.2) is 0 Å². The van der Waals surface area contributed by atoms with Gasteiger partial charge in [-0.15, -0.1) is 11.3 Å². The van der Waals surface area contributed by atoms with Crippen LogP contribution in [0.4, 0.5) is 11.4 Å². The number of anilines is 2. The number of hydrogen-bond acceptors (Lipinski definition) is 3. The number of aryl methyl sites for hydroxylation is 1. The summed E-state index contributed by atoms with van der Waals surface area (Å²) >= 11 is 7.38. The Kier molecular flexibility index (Phi) is 3.36. The number of para-hydroxylation sites is 1. The molecule has 0 atom stereocenters. The van der Waals surface area contributed by atoms with E-state index in [9.17, 15) is 4.79 Å². The Bertz CT molecular complexity index is 545. The summed E-state index contributed by atoms with van der Waals surface area (Å²) in [5.74, 6) is -0.183. The summed E-state index contributed by atoms with van der Waals surface area (Å²) in [4.78, 5) is 12.7. The van der Waals surface area contributed by atoms with Crippen molar-refractivity contribution in [1.82, 2.24) is 0 Å². The Balaban J connectivity index is 2.28. The molecule has 17 heavy (non-hydrogen) atoms. The highest BCUT2D eigenvalue weighted by molar-refractivity contribution is 7.12. The number of thiophene rings is 1. The molecule has 0 fully saturated rings. The summed E-state index contributed by atoms with van der Waals surface area (Å²) in [5, 5.41) is 5.05. The van der Waals surface area contributed by atoms with Gasteiger partial charge in [0.1, 0.15) is 0 Å². The maximum atomic E-state index is 12.0. The predicted molar refractivity (Wildman–Crippen MR) is 72.9 cm³/mol. The minimum Gasteiger partial charge on any atom is -0.397 e. The lowest BCUT2D eigenvalue weighted by atomic mass is 10.2. The lowest BCUT2D eigenvalue weighted by Crippen LogP contribution is -2.13. The van der Waals surface area contributed by atoms with Gasteiger partial charge in [0.05, 0.1) is 21.3 Å². The molecule has 88 valence electrons. The van der Waals surface area contributed by atoms with Crippen molar-refractivity contribution < 1.29 is 4.79 Å². The van der Waals surface area contributed by atoms with Crippen molar-refractivity contribution in [3.05, 3.63) is 45.1 Å². The quantitative estimate of drug-likeness (QED) is 0.817. The summed E-state index contributed by atoms with van der Waals surface area (Å²) in [5.41, 5.74) is 7.63. The van der Waals surface area contributed by atoms with E-state index >= 15 is 0 Å². The molecule has 1 aromatic carbocycles. The number of halogens is 1. The second-order valence-corrected chi connectivity index (χ2v) is 4.91. The van der Waals surface area contributed by atoms with E-state index in [1.807, 2.05) is 18.4 Å². The van der Waals surface area contributed by atoms with Gasteiger partial charge in [0.25, 0.3) is 5.91 Å². The van der Waals surface area contributed by atoms with Crippen LogP contribution in [0, 0.1) is 6.92 Å². The van der Waals surface area contributed by atoms with Crippen molar-refractivity contribution in [2.45, 2.75) is 6.92 Å². The van der Waals surface area contributed by atoms with Crippen LogP contribution in [0.5, 0.6) is 0 Å². The summed E-state index contributed by atoms with van der Waals surface area (Å²) < 4.78 is 0. The molecule has 0 radical (unpaired) electrons. The summed E-state index contributed by atoms with van der Waals surface area (Å²) in [7, 11) is 0. The van der Waals surface area contributed by atoms with E-state index in [0.29, 0.717) is 21.3 Å². The largest absolute Gasteiger partial charge is 0.397 e. The van der Waals surface area contributed by atoms with Gasteiger partial charge in [0.2, 0.25) is 0 Å². The van der Waals surface area contributed by atoms with Crippen molar-refractivity contribution in [2.24, 2.45) is 0 Å². The fourth-order valence-electron chi connectivity index (χ4n) is 1.45. The van der Waals surface area contributed by atoms with E-state index in [0.717, 1.165) is 5.56 Å². The first-order valence-corrected chi connectivity index (χ1v) is 6.25. The molecule has 0 aliphatic heterocycles. The van der Waals surface area contributed by atoms with Crippen molar-refractivity contribution >= 4 is 40.2 Å². The van der Waals surface area contributed by atoms with Crippen LogP contribution in [-0.4, -0.2) is 5.91 Å². The molecule has 0 unspecified atom stereocenters. The third-order valence-electron chi connectivity index (χ3n) is 2.35. The molecule has 0 bridgehead atoms. The highest BCUT2D eigenvalue weighted by Crippen LogP contribution is 2.29. The molecule has 2 aromatic rings. The van der Waals surface area contributed by atoms with Gasteiger partial charge in [-0.25, -0.2) is 0 Å². The molecule has 0 spiro atoms. The number of nitrogen functional groups attached to an aromatic ring is 1. The standard InChI is InChI=1S/C12H11ClN2OS/c1-7-5-6-17-11(7)12(16)15-10-8(13)3-2-4-9(10)14/h2-6H,14H2,1H3,(H,15,16). The molecule has 1 amide bonds. The van der Waals surface area contributed by atoms with Crippen LogP contribution in [0.3, 0.4) is 0 Å². The average molecular weight is 267 g/mol. The molecule has 3 N–H and O–H groups in total. The molecular weight excluding hydrogens is 256 g/mol. The number of rotatable bonds is 2. The zero-order valence-corrected chi connectivity index (χ0v) is 10.7. The van der Waals surface area contributed by atoms with Crippen molar-refractivity contribution in [3.63, 3.8) is 0 Å². The van der Waals surface area contributed by atoms with Gasteiger partial charge < -0.3 is 11.1 Å². The number of nitrogens with one attached hydrogen (secondary N) is 1. The zero-order valence-electron chi connectivity index (χ0n) is 9.16. The summed E-state index contributed by atoms with van der Waals surface area (Å²) in [6, 6.07) is 7.02. The third-order valence-corrected chi connectivity index (χ3v) is 3.68.